The van der Waals surface area contributed by atoms with Gasteiger partial charge >= 0.3 is 0 Å². The Labute approximate surface area is 348 Å². The summed E-state index contributed by atoms with van der Waals surface area (Å²) in [4.78, 5) is 2.48. The zero-order valence-electron chi connectivity index (χ0n) is 34.5. The van der Waals surface area contributed by atoms with Crippen molar-refractivity contribution in [2.75, 3.05) is 4.90 Å². The van der Waals surface area contributed by atoms with E-state index in [9.17, 15) is 0 Å². The van der Waals surface area contributed by atoms with Crippen molar-refractivity contribution in [1.82, 2.24) is 4.57 Å². The second-order valence-corrected chi connectivity index (χ2v) is 17.9. The summed E-state index contributed by atoms with van der Waals surface area (Å²) in [6.45, 7) is 11.9. The van der Waals surface area contributed by atoms with E-state index >= 15 is 0 Å². The van der Waals surface area contributed by atoms with E-state index in [-0.39, 0.29) is 10.8 Å². The second kappa shape index (κ2) is 13.2. The average molecular weight is 761 g/mol. The summed E-state index contributed by atoms with van der Waals surface area (Å²) in [5.41, 5.74) is 21.7. The van der Waals surface area contributed by atoms with Gasteiger partial charge in [0.1, 0.15) is 0 Å². The maximum absolute atomic E-state index is 2.51. The average Bonchev–Trinajstić information content (AvgIpc) is 3.82. The molecule has 1 atom stereocenters. The molecule has 1 unspecified atom stereocenters. The smallest absolute Gasteiger partial charge is 0.0585 e. The first-order valence-electron chi connectivity index (χ1n) is 21.2. The van der Waals surface area contributed by atoms with Crippen molar-refractivity contribution < 1.29 is 0 Å². The lowest BCUT2D eigenvalue weighted by Gasteiger charge is -2.29. The van der Waals surface area contributed by atoms with Crippen LogP contribution in [0.3, 0.4) is 0 Å². The number of benzene rings is 7. The van der Waals surface area contributed by atoms with Crippen molar-refractivity contribution in [2.24, 2.45) is 5.92 Å². The van der Waals surface area contributed by atoms with Gasteiger partial charge in [-0.1, -0.05) is 162 Å². The first-order chi connectivity index (χ1) is 28.7. The van der Waals surface area contributed by atoms with E-state index in [1.54, 1.807) is 0 Å². The molecule has 0 bridgehead atoms. The monoisotopic (exact) mass is 760 g/mol. The van der Waals surface area contributed by atoms with Crippen LogP contribution >= 0.6 is 0 Å². The Balaban J connectivity index is 1.11. The molecule has 0 saturated heterocycles. The molecule has 0 fully saturated rings. The molecule has 0 spiro atoms. The summed E-state index contributed by atoms with van der Waals surface area (Å²) >= 11 is 0. The summed E-state index contributed by atoms with van der Waals surface area (Å²) in [5.74, 6) is 0.549. The molecule has 0 radical (unpaired) electrons. The standard InChI is InChI=1S/C57H48N2/c1-37-20-32-51-48(34-37)46-31-29-45(36-52(46)56(51,2)3)58(42-25-21-40(22-26-42)38-14-8-6-9-15-38)44-30-33-53-49(35-44)54-55(47-18-12-13-19-50(47)57(54,4)5)59(53)43-27-23-41(24-28-43)39-16-10-7-11-17-39/h6-33,35-37H,34H2,1-5H3. The van der Waals surface area contributed by atoms with Crippen LogP contribution in [0.1, 0.15) is 63.3 Å². The van der Waals surface area contributed by atoms with Gasteiger partial charge in [0.15, 0.2) is 0 Å². The molecule has 286 valence electrons. The van der Waals surface area contributed by atoms with E-state index in [0.29, 0.717) is 5.92 Å². The quantitative estimate of drug-likeness (QED) is 0.164. The maximum Gasteiger partial charge on any atom is 0.0585 e. The summed E-state index contributed by atoms with van der Waals surface area (Å²) in [6.07, 6.45) is 5.89. The Morgan fingerprint density at radius 1 is 0.525 bits per heavy atom. The normalized spacial score (nSPS) is 16.8. The summed E-state index contributed by atoms with van der Waals surface area (Å²) in [7, 11) is 0. The molecule has 3 aliphatic carbocycles. The lowest BCUT2D eigenvalue weighted by molar-refractivity contribution is 0.643. The fourth-order valence-electron chi connectivity index (χ4n) is 10.6. The third kappa shape index (κ3) is 5.46. The van der Waals surface area contributed by atoms with E-state index in [0.717, 1.165) is 17.8 Å². The van der Waals surface area contributed by atoms with E-state index in [4.69, 9.17) is 0 Å². The second-order valence-electron chi connectivity index (χ2n) is 17.9. The summed E-state index contributed by atoms with van der Waals surface area (Å²) in [5, 5.41) is 1.29. The molecule has 1 aromatic heterocycles. The zero-order valence-corrected chi connectivity index (χ0v) is 34.5. The Kier molecular flexibility index (Phi) is 7.94. The molecular weight excluding hydrogens is 713 g/mol. The molecule has 3 aliphatic rings. The van der Waals surface area contributed by atoms with Gasteiger partial charge in [-0.05, 0) is 123 Å². The molecule has 2 heteroatoms. The van der Waals surface area contributed by atoms with Crippen LogP contribution in [0.15, 0.2) is 188 Å². The Morgan fingerprint density at radius 3 is 1.80 bits per heavy atom. The highest BCUT2D eigenvalue weighted by molar-refractivity contribution is 6.01. The minimum Gasteiger partial charge on any atom is -0.310 e. The molecule has 8 aromatic rings. The van der Waals surface area contributed by atoms with Gasteiger partial charge in [-0.15, -0.1) is 0 Å². The number of aromatic nitrogens is 1. The molecule has 11 rings (SSSR count). The number of nitrogens with zero attached hydrogens (tertiary/aromatic N) is 2. The van der Waals surface area contributed by atoms with E-state index in [1.165, 1.54) is 89.2 Å². The molecule has 0 aliphatic heterocycles. The molecular formula is C57H48N2. The van der Waals surface area contributed by atoms with Gasteiger partial charge in [0.05, 0.1) is 11.2 Å². The van der Waals surface area contributed by atoms with Gasteiger partial charge in [0, 0.05) is 44.5 Å². The van der Waals surface area contributed by atoms with Crippen LogP contribution in [0.2, 0.25) is 0 Å². The number of allylic oxidation sites excluding steroid dienone is 4. The first kappa shape index (κ1) is 35.5. The van der Waals surface area contributed by atoms with E-state index in [2.05, 4.69) is 226 Å². The first-order valence-corrected chi connectivity index (χ1v) is 21.2. The van der Waals surface area contributed by atoms with Crippen molar-refractivity contribution in [3.8, 4) is 39.2 Å². The van der Waals surface area contributed by atoms with Crippen LogP contribution in [0.25, 0.3) is 55.7 Å². The molecule has 0 N–H and O–H groups in total. The maximum atomic E-state index is 2.51. The van der Waals surface area contributed by atoms with Gasteiger partial charge in [-0.25, -0.2) is 0 Å². The molecule has 0 saturated carbocycles. The van der Waals surface area contributed by atoms with Crippen molar-refractivity contribution >= 4 is 33.5 Å². The van der Waals surface area contributed by atoms with Crippen LogP contribution in [0.5, 0.6) is 0 Å². The van der Waals surface area contributed by atoms with Crippen LogP contribution in [0, 0.1) is 5.92 Å². The Bertz CT molecular complexity index is 2990. The van der Waals surface area contributed by atoms with E-state index < -0.39 is 0 Å². The number of rotatable bonds is 6. The third-order valence-electron chi connectivity index (χ3n) is 13.5. The highest BCUT2D eigenvalue weighted by atomic mass is 15.1. The lowest BCUT2D eigenvalue weighted by atomic mass is 9.79. The minimum atomic E-state index is -0.187. The van der Waals surface area contributed by atoms with Gasteiger partial charge < -0.3 is 9.47 Å². The zero-order chi connectivity index (χ0) is 40.0. The predicted octanol–water partition coefficient (Wildman–Crippen LogP) is 15.4. The SMILES string of the molecule is CC1C=CC2=C(C1)c1ccc(N(c3ccc(-c4ccccc4)cc3)c3ccc4c(c3)c3c(n4-c4ccc(-c5ccccc5)cc4)-c4ccccc4C3(C)C)cc1C2(C)C. The number of anilines is 3. The van der Waals surface area contributed by atoms with Crippen molar-refractivity contribution in [3.63, 3.8) is 0 Å². The van der Waals surface area contributed by atoms with Crippen molar-refractivity contribution in [1.29, 1.82) is 0 Å². The Morgan fingerprint density at radius 2 is 1.10 bits per heavy atom. The topological polar surface area (TPSA) is 8.17 Å². The number of fused-ring (bicyclic) bond motifs is 7. The van der Waals surface area contributed by atoms with Gasteiger partial charge in [0.2, 0.25) is 0 Å². The lowest BCUT2D eigenvalue weighted by Crippen LogP contribution is -2.18. The fraction of sp³-hybridized carbons (Fsp3) is 0.158. The molecule has 2 nitrogen and oxygen atoms in total. The number of hydrogen-bond acceptors (Lipinski definition) is 1. The van der Waals surface area contributed by atoms with Gasteiger partial charge in [-0.3, -0.25) is 0 Å². The molecule has 0 amide bonds. The Hall–Kier alpha value is -6.64. The van der Waals surface area contributed by atoms with Gasteiger partial charge in [-0.2, -0.15) is 0 Å². The predicted molar refractivity (Wildman–Crippen MR) is 249 cm³/mol. The largest absolute Gasteiger partial charge is 0.310 e. The highest BCUT2D eigenvalue weighted by Crippen LogP contribution is 2.56. The highest BCUT2D eigenvalue weighted by Gasteiger charge is 2.41. The van der Waals surface area contributed by atoms with Crippen LogP contribution in [-0.4, -0.2) is 4.57 Å². The van der Waals surface area contributed by atoms with E-state index in [1.807, 2.05) is 0 Å². The summed E-state index contributed by atoms with van der Waals surface area (Å²) in [6, 6.07) is 63.0. The van der Waals surface area contributed by atoms with Crippen LogP contribution in [0.4, 0.5) is 17.1 Å². The molecule has 59 heavy (non-hydrogen) atoms. The molecule has 7 aromatic carbocycles. The van der Waals surface area contributed by atoms with Gasteiger partial charge in [0.25, 0.3) is 0 Å². The summed E-state index contributed by atoms with van der Waals surface area (Å²) < 4.78 is 2.51. The fourth-order valence-corrected chi connectivity index (χ4v) is 10.6. The number of hydrogen-bond donors (Lipinski definition) is 0. The van der Waals surface area contributed by atoms with Crippen molar-refractivity contribution in [2.45, 2.75) is 51.9 Å². The minimum absolute atomic E-state index is 0.0754. The molecule has 1 heterocycles. The van der Waals surface area contributed by atoms with Crippen molar-refractivity contribution in [3.05, 3.63) is 210 Å². The van der Waals surface area contributed by atoms with Crippen LogP contribution < -0.4 is 4.90 Å². The third-order valence-corrected chi connectivity index (χ3v) is 13.5. The van der Waals surface area contributed by atoms with Crippen LogP contribution in [-0.2, 0) is 10.8 Å².